The Morgan fingerprint density at radius 1 is 0.868 bits per heavy atom. The van der Waals surface area contributed by atoms with Gasteiger partial charge >= 0.3 is 0 Å². The quantitative estimate of drug-likeness (QED) is 0.418. The molecule has 7 heteroatoms. The molecular weight excluding hydrogens is 476 g/mol. The van der Waals surface area contributed by atoms with Gasteiger partial charge < -0.3 is 20.4 Å². The Morgan fingerprint density at radius 3 is 1.82 bits per heavy atom. The molecule has 1 rings (SSSR count). The van der Waals surface area contributed by atoms with Crippen molar-refractivity contribution in [2.75, 3.05) is 21.1 Å². The topological polar surface area (TPSA) is 81.8 Å². The molecule has 214 valence electrons. The van der Waals surface area contributed by atoms with E-state index in [-0.39, 0.29) is 35.7 Å². The van der Waals surface area contributed by atoms with Crippen LogP contribution in [0.2, 0.25) is 0 Å². The molecule has 3 amide bonds. The number of likely N-dealkylation sites (N-methyl/N-ethyl adjacent to an activating group) is 3. The summed E-state index contributed by atoms with van der Waals surface area (Å²) in [6.45, 7) is 19.7. The highest BCUT2D eigenvalue weighted by Crippen LogP contribution is 2.29. The molecule has 1 aromatic carbocycles. The van der Waals surface area contributed by atoms with Crippen LogP contribution in [0.4, 0.5) is 0 Å². The summed E-state index contributed by atoms with van der Waals surface area (Å²) in [6, 6.07) is 8.35. The Balaban J connectivity index is 3.32. The molecule has 0 spiro atoms. The van der Waals surface area contributed by atoms with E-state index >= 15 is 0 Å². The van der Waals surface area contributed by atoms with Gasteiger partial charge in [-0.1, -0.05) is 84.9 Å². The van der Waals surface area contributed by atoms with Crippen LogP contribution < -0.4 is 10.6 Å². The van der Waals surface area contributed by atoms with E-state index in [1.807, 2.05) is 98.7 Å². The van der Waals surface area contributed by atoms with Gasteiger partial charge in [-0.05, 0) is 44.7 Å². The van der Waals surface area contributed by atoms with Gasteiger partial charge in [-0.25, -0.2) is 0 Å². The van der Waals surface area contributed by atoms with Gasteiger partial charge in [0.25, 0.3) is 0 Å². The summed E-state index contributed by atoms with van der Waals surface area (Å²) in [5.41, 5.74) is 0.572. The first-order valence-electron chi connectivity index (χ1n) is 13.6. The number of hydrogen-bond donors (Lipinski definition) is 2. The molecule has 0 radical (unpaired) electrons. The van der Waals surface area contributed by atoms with Crippen molar-refractivity contribution in [2.45, 2.75) is 98.8 Å². The zero-order valence-electron chi connectivity index (χ0n) is 26.0. The van der Waals surface area contributed by atoms with E-state index in [1.165, 1.54) is 0 Å². The predicted octanol–water partition coefficient (Wildman–Crippen LogP) is 4.38. The van der Waals surface area contributed by atoms with E-state index < -0.39 is 22.9 Å². The Kier molecular flexibility index (Phi) is 11.8. The van der Waals surface area contributed by atoms with Gasteiger partial charge in [0.2, 0.25) is 17.7 Å². The lowest BCUT2D eigenvalue weighted by Crippen LogP contribution is -2.61. The monoisotopic (exact) mass is 528 g/mol. The van der Waals surface area contributed by atoms with Gasteiger partial charge in [0.05, 0.1) is 12.1 Å². The maximum absolute atomic E-state index is 14.0. The van der Waals surface area contributed by atoms with Crippen molar-refractivity contribution in [3.8, 4) is 0 Å². The van der Waals surface area contributed by atoms with Crippen LogP contribution in [0.1, 0.15) is 74.8 Å². The van der Waals surface area contributed by atoms with Crippen LogP contribution in [0.3, 0.4) is 0 Å². The molecule has 3 atom stereocenters. The van der Waals surface area contributed by atoms with E-state index in [0.29, 0.717) is 5.57 Å². The van der Waals surface area contributed by atoms with Crippen molar-refractivity contribution < 1.29 is 14.4 Å². The fourth-order valence-electron chi connectivity index (χ4n) is 4.67. The molecule has 0 saturated heterocycles. The molecule has 38 heavy (non-hydrogen) atoms. The zero-order valence-corrected chi connectivity index (χ0v) is 26.0. The summed E-state index contributed by atoms with van der Waals surface area (Å²) >= 11 is 0. The molecule has 0 saturated carbocycles. The summed E-state index contributed by atoms with van der Waals surface area (Å²) in [5.74, 6) is -0.420. The van der Waals surface area contributed by atoms with Crippen molar-refractivity contribution in [3.63, 3.8) is 0 Å². The predicted molar refractivity (Wildman–Crippen MR) is 157 cm³/mol. The normalized spacial score (nSPS) is 15.2. The lowest BCUT2D eigenvalue weighted by atomic mass is 9.76. The van der Waals surface area contributed by atoms with Gasteiger partial charge in [-0.2, -0.15) is 0 Å². The van der Waals surface area contributed by atoms with Crippen LogP contribution in [0.25, 0.3) is 0 Å². The smallest absolute Gasteiger partial charge is 0.249 e. The van der Waals surface area contributed by atoms with Crippen molar-refractivity contribution in [1.29, 1.82) is 0 Å². The van der Waals surface area contributed by atoms with Crippen LogP contribution in [0, 0.1) is 11.3 Å². The van der Waals surface area contributed by atoms with E-state index in [4.69, 9.17) is 0 Å². The fraction of sp³-hybridized carbons (Fsp3) is 0.645. The summed E-state index contributed by atoms with van der Waals surface area (Å²) < 4.78 is 0. The van der Waals surface area contributed by atoms with Crippen molar-refractivity contribution in [2.24, 2.45) is 11.3 Å². The minimum absolute atomic E-state index is 0.0628. The maximum Gasteiger partial charge on any atom is 0.249 e. The number of rotatable bonds is 11. The number of amides is 3. The van der Waals surface area contributed by atoms with Crippen molar-refractivity contribution in [1.82, 2.24) is 20.4 Å². The first kappa shape index (κ1) is 33.4. The van der Waals surface area contributed by atoms with Gasteiger partial charge in [-0.3, -0.25) is 14.4 Å². The zero-order chi connectivity index (χ0) is 29.6. The van der Waals surface area contributed by atoms with E-state index in [0.717, 1.165) is 5.56 Å². The lowest BCUT2D eigenvalue weighted by Gasteiger charge is -2.40. The minimum Gasteiger partial charge on any atom is -0.342 e. The van der Waals surface area contributed by atoms with Gasteiger partial charge in [0.15, 0.2) is 0 Å². The first-order valence-corrected chi connectivity index (χ1v) is 13.6. The second kappa shape index (κ2) is 13.4. The molecule has 3 unspecified atom stereocenters. The molecule has 2 N–H and O–H groups in total. The number of carbonyl (C=O) groups is 3. The van der Waals surface area contributed by atoms with E-state index in [1.54, 1.807) is 37.9 Å². The van der Waals surface area contributed by atoms with Gasteiger partial charge in [0, 0.05) is 31.1 Å². The molecule has 0 aromatic heterocycles. The number of benzene rings is 1. The van der Waals surface area contributed by atoms with Crippen molar-refractivity contribution in [3.05, 3.63) is 47.5 Å². The number of hydrogen-bond acceptors (Lipinski definition) is 4. The van der Waals surface area contributed by atoms with Gasteiger partial charge in [-0.15, -0.1) is 0 Å². The van der Waals surface area contributed by atoms with Crippen LogP contribution in [-0.4, -0.2) is 72.8 Å². The summed E-state index contributed by atoms with van der Waals surface area (Å²) in [4.78, 5) is 43.9. The first-order chi connectivity index (χ1) is 17.4. The molecule has 0 aliphatic carbocycles. The van der Waals surface area contributed by atoms with Crippen molar-refractivity contribution >= 4 is 17.7 Å². The third-order valence-electron chi connectivity index (χ3n) is 7.52. The maximum atomic E-state index is 14.0. The van der Waals surface area contributed by atoms with Crippen LogP contribution in [0.15, 0.2) is 42.0 Å². The molecule has 7 nitrogen and oxygen atoms in total. The Labute approximate surface area is 231 Å². The second-order valence-electron chi connectivity index (χ2n) is 12.7. The van der Waals surface area contributed by atoms with Crippen LogP contribution in [0.5, 0.6) is 0 Å². The number of nitrogens with one attached hydrogen (secondary N) is 2. The third kappa shape index (κ3) is 8.16. The molecule has 0 bridgehead atoms. The average molecular weight is 529 g/mol. The largest absolute Gasteiger partial charge is 0.342 e. The van der Waals surface area contributed by atoms with Gasteiger partial charge in [0.1, 0.15) is 6.04 Å². The Bertz CT molecular complexity index is 977. The molecule has 0 aliphatic heterocycles. The fourth-order valence-corrected chi connectivity index (χ4v) is 4.67. The summed E-state index contributed by atoms with van der Waals surface area (Å²) in [5, 5.41) is 6.26. The highest BCUT2D eigenvalue weighted by atomic mass is 16.2. The standard InChI is InChI=1S/C31H52N4O3/c1-20(2)24(19-22(5)28(37)34(12)21(3)4)35(13)29(38)26(30(6,7)8)33-27(36)25(32-11)31(9,10)23-17-15-14-16-18-23/h14-21,24-26,32H,1-13H3,(H,33,36)/b22-19+. The Hall–Kier alpha value is -2.67. The molecule has 1 aromatic rings. The SMILES string of the molecule is CNC(C(=O)NC(C(=O)N(C)C(/C=C(\C)C(=O)N(C)C(C)C)C(C)C)C(C)(C)C)C(C)(C)c1ccccc1. The molecule has 0 fully saturated rings. The minimum atomic E-state index is -0.758. The lowest BCUT2D eigenvalue weighted by molar-refractivity contribution is -0.141. The van der Waals surface area contributed by atoms with Crippen LogP contribution in [-0.2, 0) is 19.8 Å². The average Bonchev–Trinajstić information content (AvgIpc) is 2.83. The summed E-state index contributed by atoms with van der Waals surface area (Å²) in [7, 11) is 5.30. The molecule has 0 aliphatic rings. The number of nitrogens with zero attached hydrogens (tertiary/aromatic N) is 2. The Morgan fingerprint density at radius 2 is 1.39 bits per heavy atom. The molecular formula is C31H52N4O3. The van der Waals surface area contributed by atoms with E-state index in [2.05, 4.69) is 10.6 Å². The second-order valence-corrected chi connectivity index (χ2v) is 12.7. The number of carbonyl (C=O) groups excluding carboxylic acids is 3. The highest BCUT2D eigenvalue weighted by Gasteiger charge is 2.41. The third-order valence-corrected chi connectivity index (χ3v) is 7.52. The van der Waals surface area contributed by atoms with E-state index in [9.17, 15) is 14.4 Å². The molecule has 0 heterocycles. The highest BCUT2D eigenvalue weighted by molar-refractivity contribution is 5.93. The summed E-state index contributed by atoms with van der Waals surface area (Å²) in [6.07, 6.45) is 1.88. The van der Waals surface area contributed by atoms with Crippen LogP contribution >= 0.6 is 0 Å².